The first-order chi connectivity index (χ1) is 8.75. The van der Waals surface area contributed by atoms with Crippen molar-refractivity contribution in [3.63, 3.8) is 0 Å². The molecule has 1 aromatic carbocycles. The molecule has 2 rings (SSSR count). The van der Waals surface area contributed by atoms with Crippen LogP contribution in [0.3, 0.4) is 0 Å². The van der Waals surface area contributed by atoms with Gasteiger partial charge in [-0.1, -0.05) is 18.2 Å². The Balaban J connectivity index is 1.86. The maximum absolute atomic E-state index is 13.5. The Morgan fingerprint density at radius 2 is 2.06 bits per heavy atom. The van der Waals surface area contributed by atoms with Crippen molar-refractivity contribution in [2.45, 2.75) is 25.9 Å². The Labute approximate surface area is 106 Å². The molecule has 0 radical (unpaired) electrons. The van der Waals surface area contributed by atoms with Crippen molar-refractivity contribution in [3.8, 4) is 0 Å². The van der Waals surface area contributed by atoms with E-state index in [0.717, 1.165) is 11.3 Å². The van der Waals surface area contributed by atoms with E-state index in [1.54, 1.807) is 12.3 Å². The largest absolute Gasteiger partial charge is 0.308 e. The quantitative estimate of drug-likeness (QED) is 0.878. The predicted molar refractivity (Wildman–Crippen MR) is 68.4 cm³/mol. The second kappa shape index (κ2) is 6.21. The van der Waals surface area contributed by atoms with Crippen LogP contribution in [-0.2, 0) is 13.0 Å². The summed E-state index contributed by atoms with van der Waals surface area (Å²) < 4.78 is 13.5. The van der Waals surface area contributed by atoms with Crippen molar-refractivity contribution in [3.05, 3.63) is 59.7 Å². The van der Waals surface area contributed by atoms with Gasteiger partial charge in [0, 0.05) is 18.8 Å². The zero-order valence-electron chi connectivity index (χ0n) is 10.3. The molecule has 0 aliphatic rings. The van der Waals surface area contributed by atoms with Crippen molar-refractivity contribution in [1.29, 1.82) is 0 Å². The number of nitrogens with one attached hydrogen (secondary N) is 1. The molecule has 1 heterocycles. The number of aromatic nitrogens is 2. The van der Waals surface area contributed by atoms with Crippen LogP contribution in [0.2, 0.25) is 0 Å². The normalized spacial score (nSPS) is 12.3. The van der Waals surface area contributed by atoms with E-state index < -0.39 is 0 Å². The summed E-state index contributed by atoms with van der Waals surface area (Å²) in [5.41, 5.74) is 1.62. The van der Waals surface area contributed by atoms with Gasteiger partial charge in [-0.3, -0.25) is 0 Å². The van der Waals surface area contributed by atoms with E-state index in [1.165, 1.54) is 6.07 Å². The van der Waals surface area contributed by atoms with Crippen LogP contribution in [0.25, 0.3) is 0 Å². The van der Waals surface area contributed by atoms with Crippen molar-refractivity contribution in [1.82, 2.24) is 15.5 Å². The minimum atomic E-state index is -0.148. The van der Waals surface area contributed by atoms with Gasteiger partial charge in [0.2, 0.25) is 0 Å². The first-order valence-corrected chi connectivity index (χ1v) is 5.99. The van der Waals surface area contributed by atoms with Crippen molar-refractivity contribution in [2.75, 3.05) is 0 Å². The van der Waals surface area contributed by atoms with Crippen LogP contribution in [-0.4, -0.2) is 16.2 Å². The molecule has 0 amide bonds. The molecule has 0 aliphatic heterocycles. The zero-order valence-corrected chi connectivity index (χ0v) is 10.3. The van der Waals surface area contributed by atoms with E-state index in [0.29, 0.717) is 13.0 Å². The molecule has 4 heteroatoms. The summed E-state index contributed by atoms with van der Waals surface area (Å²) in [7, 11) is 0. The summed E-state index contributed by atoms with van der Waals surface area (Å²) in [4.78, 5) is 0. The lowest BCUT2D eigenvalue weighted by Crippen LogP contribution is -2.28. The van der Waals surface area contributed by atoms with Gasteiger partial charge < -0.3 is 5.32 Å². The van der Waals surface area contributed by atoms with Crippen molar-refractivity contribution in [2.24, 2.45) is 0 Å². The molecule has 1 unspecified atom stereocenters. The highest BCUT2D eigenvalue weighted by molar-refractivity contribution is 5.18. The van der Waals surface area contributed by atoms with Crippen LogP contribution in [0.4, 0.5) is 4.39 Å². The standard InChI is InChI=1S/C14H16FN3/c1-11(9-12-5-2-3-7-14(12)15)16-10-13-6-4-8-17-18-13/h2-8,11,16H,9-10H2,1H3. The van der Waals surface area contributed by atoms with Gasteiger partial charge in [0.15, 0.2) is 0 Å². The lowest BCUT2D eigenvalue weighted by molar-refractivity contribution is 0.520. The fourth-order valence-corrected chi connectivity index (χ4v) is 1.77. The molecule has 1 atom stereocenters. The topological polar surface area (TPSA) is 37.8 Å². The summed E-state index contributed by atoms with van der Waals surface area (Å²) >= 11 is 0. The molecular weight excluding hydrogens is 229 g/mol. The van der Waals surface area contributed by atoms with E-state index >= 15 is 0 Å². The van der Waals surface area contributed by atoms with Crippen molar-refractivity contribution < 1.29 is 4.39 Å². The van der Waals surface area contributed by atoms with Crippen LogP contribution in [0, 0.1) is 5.82 Å². The zero-order chi connectivity index (χ0) is 12.8. The number of halogens is 1. The Morgan fingerprint density at radius 1 is 1.22 bits per heavy atom. The molecule has 0 aliphatic carbocycles. The number of benzene rings is 1. The summed E-state index contributed by atoms with van der Waals surface area (Å²) in [5.74, 6) is -0.148. The molecule has 0 bridgehead atoms. The maximum atomic E-state index is 13.5. The summed E-state index contributed by atoms with van der Waals surface area (Å²) in [6, 6.07) is 10.8. The van der Waals surface area contributed by atoms with E-state index in [-0.39, 0.29) is 11.9 Å². The van der Waals surface area contributed by atoms with E-state index in [1.807, 2.05) is 31.2 Å². The molecular formula is C14H16FN3. The van der Waals surface area contributed by atoms with Crippen LogP contribution in [0.5, 0.6) is 0 Å². The molecule has 2 aromatic rings. The van der Waals surface area contributed by atoms with Crippen LogP contribution >= 0.6 is 0 Å². The molecule has 1 aromatic heterocycles. The number of rotatable bonds is 5. The third-order valence-corrected chi connectivity index (χ3v) is 2.74. The molecule has 0 spiro atoms. The minimum Gasteiger partial charge on any atom is -0.308 e. The highest BCUT2D eigenvalue weighted by Gasteiger charge is 2.07. The summed E-state index contributed by atoms with van der Waals surface area (Å²) in [6.07, 6.45) is 2.30. The number of hydrogen-bond donors (Lipinski definition) is 1. The maximum Gasteiger partial charge on any atom is 0.126 e. The van der Waals surface area contributed by atoms with E-state index in [4.69, 9.17) is 0 Å². The van der Waals surface area contributed by atoms with Crippen LogP contribution < -0.4 is 5.32 Å². The fraction of sp³-hybridized carbons (Fsp3) is 0.286. The molecule has 0 saturated heterocycles. The highest BCUT2D eigenvalue weighted by Crippen LogP contribution is 2.09. The smallest absolute Gasteiger partial charge is 0.126 e. The number of nitrogens with zero attached hydrogens (tertiary/aromatic N) is 2. The van der Waals surface area contributed by atoms with Crippen LogP contribution in [0.1, 0.15) is 18.2 Å². The SMILES string of the molecule is CC(Cc1ccccc1F)NCc1cccnn1. The van der Waals surface area contributed by atoms with E-state index in [2.05, 4.69) is 15.5 Å². The molecule has 1 N–H and O–H groups in total. The van der Waals surface area contributed by atoms with Gasteiger partial charge in [0.25, 0.3) is 0 Å². The van der Waals surface area contributed by atoms with Gasteiger partial charge in [0.1, 0.15) is 5.82 Å². The average molecular weight is 245 g/mol. The Morgan fingerprint density at radius 3 is 2.78 bits per heavy atom. The lowest BCUT2D eigenvalue weighted by atomic mass is 10.1. The average Bonchev–Trinajstić information content (AvgIpc) is 2.40. The van der Waals surface area contributed by atoms with E-state index in [9.17, 15) is 4.39 Å². The number of hydrogen-bond acceptors (Lipinski definition) is 3. The second-order valence-electron chi connectivity index (χ2n) is 4.29. The predicted octanol–water partition coefficient (Wildman–Crippen LogP) is 2.34. The highest BCUT2D eigenvalue weighted by atomic mass is 19.1. The molecule has 18 heavy (non-hydrogen) atoms. The van der Waals surface area contributed by atoms with Gasteiger partial charge in [-0.15, -0.1) is 0 Å². The van der Waals surface area contributed by atoms with Gasteiger partial charge in [-0.05, 0) is 37.1 Å². The first kappa shape index (κ1) is 12.6. The molecule has 0 saturated carbocycles. The Kier molecular flexibility index (Phi) is 4.36. The molecule has 3 nitrogen and oxygen atoms in total. The summed E-state index contributed by atoms with van der Waals surface area (Å²) in [6.45, 7) is 2.67. The fourth-order valence-electron chi connectivity index (χ4n) is 1.77. The lowest BCUT2D eigenvalue weighted by Gasteiger charge is -2.13. The monoisotopic (exact) mass is 245 g/mol. The Hall–Kier alpha value is -1.81. The second-order valence-corrected chi connectivity index (χ2v) is 4.29. The van der Waals surface area contributed by atoms with Gasteiger partial charge in [0.05, 0.1) is 5.69 Å². The first-order valence-electron chi connectivity index (χ1n) is 5.99. The van der Waals surface area contributed by atoms with Crippen molar-refractivity contribution >= 4 is 0 Å². The third kappa shape index (κ3) is 3.60. The van der Waals surface area contributed by atoms with Gasteiger partial charge in [-0.25, -0.2) is 4.39 Å². The third-order valence-electron chi connectivity index (χ3n) is 2.74. The molecule has 0 fully saturated rings. The van der Waals surface area contributed by atoms with Gasteiger partial charge >= 0.3 is 0 Å². The minimum absolute atomic E-state index is 0.148. The van der Waals surface area contributed by atoms with Crippen LogP contribution in [0.15, 0.2) is 42.6 Å². The Bertz CT molecular complexity index is 487. The summed E-state index contributed by atoms with van der Waals surface area (Å²) in [5, 5.41) is 11.1. The molecule has 94 valence electrons. The van der Waals surface area contributed by atoms with Gasteiger partial charge in [-0.2, -0.15) is 10.2 Å².